The molecule has 0 bridgehead atoms. The lowest BCUT2D eigenvalue weighted by molar-refractivity contribution is -0.126. The van der Waals surface area contributed by atoms with E-state index in [2.05, 4.69) is 4.98 Å². The fourth-order valence-electron chi connectivity index (χ4n) is 2.54. The standard InChI is InChI=1S/C17H16N2O3/c1-12(22-17(21)14-7-4-5-10-18-14)16(20)19-11-9-13-6-2-3-8-15(13)19/h2-8,10,12H,9,11H2,1H3. The fraction of sp³-hybridized carbons (Fsp3) is 0.235. The molecule has 0 saturated carbocycles. The molecule has 0 spiro atoms. The van der Waals surface area contributed by atoms with Crippen LogP contribution in [0.25, 0.3) is 0 Å². The lowest BCUT2D eigenvalue weighted by atomic mass is 10.2. The summed E-state index contributed by atoms with van der Waals surface area (Å²) >= 11 is 0. The molecule has 0 radical (unpaired) electrons. The Kier molecular flexibility index (Phi) is 3.87. The van der Waals surface area contributed by atoms with Crippen LogP contribution >= 0.6 is 0 Å². The Labute approximate surface area is 128 Å². The fourth-order valence-corrected chi connectivity index (χ4v) is 2.54. The number of fused-ring (bicyclic) bond motifs is 1. The van der Waals surface area contributed by atoms with Crippen LogP contribution in [-0.4, -0.2) is 29.5 Å². The minimum atomic E-state index is -0.847. The Morgan fingerprint density at radius 3 is 2.73 bits per heavy atom. The molecule has 5 nitrogen and oxygen atoms in total. The van der Waals surface area contributed by atoms with Gasteiger partial charge in [-0.3, -0.25) is 4.79 Å². The summed E-state index contributed by atoms with van der Waals surface area (Å²) in [7, 11) is 0. The number of anilines is 1. The van der Waals surface area contributed by atoms with E-state index in [9.17, 15) is 9.59 Å². The number of benzene rings is 1. The van der Waals surface area contributed by atoms with Gasteiger partial charge in [0.2, 0.25) is 0 Å². The molecule has 0 N–H and O–H groups in total. The summed E-state index contributed by atoms with van der Waals surface area (Å²) < 4.78 is 5.23. The minimum Gasteiger partial charge on any atom is -0.448 e. The van der Waals surface area contributed by atoms with Crippen molar-refractivity contribution in [3.63, 3.8) is 0 Å². The van der Waals surface area contributed by atoms with Crippen LogP contribution in [0.3, 0.4) is 0 Å². The van der Waals surface area contributed by atoms with Gasteiger partial charge in [0.05, 0.1) is 0 Å². The lowest BCUT2D eigenvalue weighted by Gasteiger charge is -2.21. The van der Waals surface area contributed by atoms with Crippen molar-refractivity contribution in [1.29, 1.82) is 0 Å². The van der Waals surface area contributed by atoms with Crippen molar-refractivity contribution in [2.75, 3.05) is 11.4 Å². The molecule has 1 amide bonds. The number of carbonyl (C=O) groups is 2. The Morgan fingerprint density at radius 1 is 1.18 bits per heavy atom. The van der Waals surface area contributed by atoms with Gasteiger partial charge in [-0.2, -0.15) is 0 Å². The zero-order valence-corrected chi connectivity index (χ0v) is 12.2. The van der Waals surface area contributed by atoms with Gasteiger partial charge in [-0.05, 0) is 37.1 Å². The Morgan fingerprint density at radius 2 is 1.95 bits per heavy atom. The zero-order valence-electron chi connectivity index (χ0n) is 12.2. The molecular formula is C17H16N2O3. The summed E-state index contributed by atoms with van der Waals surface area (Å²) in [5, 5.41) is 0. The number of hydrogen-bond acceptors (Lipinski definition) is 4. The molecule has 0 fully saturated rings. The molecule has 1 aromatic heterocycles. The van der Waals surface area contributed by atoms with Crippen LogP contribution in [0.2, 0.25) is 0 Å². The number of pyridine rings is 1. The first-order valence-corrected chi connectivity index (χ1v) is 7.18. The number of amides is 1. The van der Waals surface area contributed by atoms with Crippen LogP contribution < -0.4 is 4.90 Å². The smallest absolute Gasteiger partial charge is 0.357 e. The summed E-state index contributed by atoms with van der Waals surface area (Å²) in [5.74, 6) is -0.803. The van der Waals surface area contributed by atoms with E-state index in [1.807, 2.05) is 24.3 Å². The SMILES string of the molecule is CC(OC(=O)c1ccccn1)C(=O)N1CCc2ccccc21. The van der Waals surface area contributed by atoms with Gasteiger partial charge in [-0.1, -0.05) is 24.3 Å². The quantitative estimate of drug-likeness (QED) is 0.815. The number of rotatable bonds is 3. The molecule has 1 unspecified atom stereocenters. The Bertz CT molecular complexity index is 700. The van der Waals surface area contributed by atoms with Crippen molar-refractivity contribution in [2.24, 2.45) is 0 Å². The number of aromatic nitrogens is 1. The van der Waals surface area contributed by atoms with E-state index in [4.69, 9.17) is 4.74 Å². The summed E-state index contributed by atoms with van der Waals surface area (Å²) in [6, 6.07) is 12.7. The molecule has 2 aromatic rings. The largest absolute Gasteiger partial charge is 0.448 e. The topological polar surface area (TPSA) is 59.5 Å². The van der Waals surface area contributed by atoms with Crippen LogP contribution in [0, 0.1) is 0 Å². The van der Waals surface area contributed by atoms with Gasteiger partial charge < -0.3 is 9.64 Å². The monoisotopic (exact) mass is 296 g/mol. The van der Waals surface area contributed by atoms with Gasteiger partial charge in [-0.25, -0.2) is 9.78 Å². The highest BCUT2D eigenvalue weighted by molar-refractivity contribution is 6.00. The summed E-state index contributed by atoms with van der Waals surface area (Å²) in [6.45, 7) is 2.20. The number of para-hydroxylation sites is 1. The van der Waals surface area contributed by atoms with Gasteiger partial charge in [-0.15, -0.1) is 0 Å². The molecule has 1 aliphatic rings. The molecule has 22 heavy (non-hydrogen) atoms. The Hall–Kier alpha value is -2.69. The first kappa shape index (κ1) is 14.3. The summed E-state index contributed by atoms with van der Waals surface area (Å²) in [5.41, 5.74) is 2.23. The van der Waals surface area contributed by atoms with Crippen LogP contribution in [0.5, 0.6) is 0 Å². The zero-order chi connectivity index (χ0) is 15.5. The molecule has 1 atom stereocenters. The van der Waals surface area contributed by atoms with Crippen molar-refractivity contribution in [3.05, 3.63) is 59.9 Å². The summed E-state index contributed by atoms with van der Waals surface area (Å²) in [6.07, 6.45) is 1.49. The number of esters is 1. The van der Waals surface area contributed by atoms with Gasteiger partial charge in [0, 0.05) is 18.4 Å². The second-order valence-corrected chi connectivity index (χ2v) is 5.13. The number of nitrogens with zero attached hydrogens (tertiary/aromatic N) is 2. The molecule has 5 heteroatoms. The Balaban J connectivity index is 1.70. The van der Waals surface area contributed by atoms with Crippen LogP contribution in [-0.2, 0) is 16.0 Å². The third-order valence-corrected chi connectivity index (χ3v) is 3.66. The maximum absolute atomic E-state index is 12.5. The highest BCUT2D eigenvalue weighted by Gasteiger charge is 2.30. The van der Waals surface area contributed by atoms with Crippen LogP contribution in [0.4, 0.5) is 5.69 Å². The first-order chi connectivity index (χ1) is 10.7. The predicted octanol–water partition coefficient (Wildman–Crippen LogP) is 2.22. The van der Waals surface area contributed by atoms with Crippen molar-refractivity contribution in [1.82, 2.24) is 4.98 Å². The summed E-state index contributed by atoms with van der Waals surface area (Å²) in [4.78, 5) is 30.1. The molecule has 0 saturated heterocycles. The molecule has 2 heterocycles. The van der Waals surface area contributed by atoms with Crippen molar-refractivity contribution in [3.8, 4) is 0 Å². The molecular weight excluding hydrogens is 280 g/mol. The minimum absolute atomic E-state index is 0.198. The van der Waals surface area contributed by atoms with E-state index in [0.29, 0.717) is 6.54 Å². The van der Waals surface area contributed by atoms with E-state index in [0.717, 1.165) is 17.7 Å². The first-order valence-electron chi connectivity index (χ1n) is 7.18. The van der Waals surface area contributed by atoms with E-state index in [-0.39, 0.29) is 11.6 Å². The van der Waals surface area contributed by atoms with Gasteiger partial charge >= 0.3 is 5.97 Å². The molecule has 1 aromatic carbocycles. The van der Waals surface area contributed by atoms with Crippen LogP contribution in [0.1, 0.15) is 23.0 Å². The number of hydrogen-bond donors (Lipinski definition) is 0. The number of ether oxygens (including phenoxy) is 1. The molecule has 112 valence electrons. The van der Waals surface area contributed by atoms with E-state index in [1.54, 1.807) is 30.0 Å². The second kappa shape index (κ2) is 5.97. The maximum Gasteiger partial charge on any atom is 0.357 e. The predicted molar refractivity (Wildman–Crippen MR) is 81.6 cm³/mol. The lowest BCUT2D eigenvalue weighted by Crippen LogP contribution is -2.39. The van der Waals surface area contributed by atoms with Gasteiger partial charge in [0.15, 0.2) is 6.10 Å². The van der Waals surface area contributed by atoms with Gasteiger partial charge in [0.25, 0.3) is 5.91 Å². The van der Waals surface area contributed by atoms with E-state index >= 15 is 0 Å². The van der Waals surface area contributed by atoms with E-state index < -0.39 is 12.1 Å². The third kappa shape index (κ3) is 2.70. The number of carbonyl (C=O) groups excluding carboxylic acids is 2. The molecule has 1 aliphatic heterocycles. The molecule has 0 aliphatic carbocycles. The average Bonchev–Trinajstić information content (AvgIpc) is 2.99. The van der Waals surface area contributed by atoms with Gasteiger partial charge in [0.1, 0.15) is 5.69 Å². The normalized spacial score (nSPS) is 14.3. The highest BCUT2D eigenvalue weighted by Crippen LogP contribution is 2.28. The van der Waals surface area contributed by atoms with Crippen LogP contribution in [0.15, 0.2) is 48.7 Å². The maximum atomic E-state index is 12.5. The molecule has 3 rings (SSSR count). The van der Waals surface area contributed by atoms with Crippen molar-refractivity contribution < 1.29 is 14.3 Å². The highest BCUT2D eigenvalue weighted by atomic mass is 16.5. The van der Waals surface area contributed by atoms with Crippen molar-refractivity contribution >= 4 is 17.6 Å². The van der Waals surface area contributed by atoms with Crippen molar-refractivity contribution in [2.45, 2.75) is 19.4 Å². The third-order valence-electron chi connectivity index (χ3n) is 3.66. The average molecular weight is 296 g/mol. The van der Waals surface area contributed by atoms with E-state index in [1.165, 1.54) is 6.20 Å². The second-order valence-electron chi connectivity index (χ2n) is 5.13.